The minimum Gasteiger partial charge on any atom is -0.293 e. The molecule has 1 aromatic carbocycles. The maximum Gasteiger partial charge on any atom is 0.176 e. The molecule has 0 aliphatic heterocycles. The van der Waals surface area contributed by atoms with E-state index in [1.165, 1.54) is 5.56 Å². The summed E-state index contributed by atoms with van der Waals surface area (Å²) in [5, 5.41) is 0. The van der Waals surface area contributed by atoms with Crippen LogP contribution in [-0.2, 0) is 0 Å². The summed E-state index contributed by atoms with van der Waals surface area (Å²) in [4.78, 5) is 11.3. The van der Waals surface area contributed by atoms with Crippen molar-refractivity contribution >= 4 is 31.6 Å². The molecule has 2 unspecified atom stereocenters. The molecule has 0 fully saturated rings. The number of aryl methyl sites for hydroxylation is 1. The van der Waals surface area contributed by atoms with Crippen molar-refractivity contribution in [3.8, 4) is 0 Å². The summed E-state index contributed by atoms with van der Waals surface area (Å²) in [5.74, 6) is 0.134. The number of Topliss-reactive ketones (excluding diaryl/α,β-unsaturated/α-hetero) is 1. The molecule has 0 saturated heterocycles. The van der Waals surface area contributed by atoms with E-state index in [9.17, 15) is 4.79 Å². The molecule has 2 atom stereocenters. The van der Waals surface area contributed by atoms with Crippen LogP contribution in [0.5, 0.6) is 0 Å². The molecule has 72 valence electrons. The Bertz CT molecular complexity index is 279. The summed E-state index contributed by atoms with van der Waals surface area (Å²) in [5.41, 5.74) is 1.94. The van der Waals surface area contributed by atoms with Crippen LogP contribution in [0, 0.1) is 6.92 Å². The summed E-state index contributed by atoms with van der Waals surface area (Å²) < 4.78 is 0. The minimum absolute atomic E-state index is 0. The second kappa shape index (κ2) is 5.51. The van der Waals surface area contributed by atoms with Crippen LogP contribution in [0.2, 0.25) is 0 Å². The molecule has 0 aliphatic carbocycles. The fourth-order valence-electron chi connectivity index (χ4n) is 0.947. The Hall–Kier alpha value is -0.200. The van der Waals surface area contributed by atoms with Crippen LogP contribution < -0.4 is 0 Å². The van der Waals surface area contributed by atoms with Crippen molar-refractivity contribution in [2.45, 2.75) is 18.7 Å². The number of alkyl halides is 1. The first-order chi connectivity index (χ1) is 5.61. The van der Waals surface area contributed by atoms with Crippen molar-refractivity contribution in [3.63, 3.8) is 0 Å². The van der Waals surface area contributed by atoms with Gasteiger partial charge >= 0.3 is 0 Å². The summed E-state index contributed by atoms with van der Waals surface area (Å²) >= 11 is 3.25. The average molecular weight is 261 g/mol. The van der Waals surface area contributed by atoms with E-state index in [4.69, 9.17) is 0 Å². The first-order valence-corrected chi connectivity index (χ1v) is 4.78. The largest absolute Gasteiger partial charge is 0.293 e. The normalized spacial score (nSPS) is 11.6. The van der Waals surface area contributed by atoms with Gasteiger partial charge in [-0.15, -0.1) is 0 Å². The zero-order valence-electron chi connectivity index (χ0n) is 7.88. The number of halogens is 1. The predicted octanol–water partition coefficient (Wildman–Crippen LogP) is 3.02. The first-order valence-electron chi connectivity index (χ1n) is 3.86. The molecule has 0 heterocycles. The van der Waals surface area contributed by atoms with E-state index in [0.717, 1.165) is 5.56 Å². The molecule has 1 rings (SSSR count). The lowest BCUT2D eigenvalue weighted by Crippen LogP contribution is -2.09. The molecule has 0 aromatic heterocycles. The Labute approximate surface area is 90.7 Å². The van der Waals surface area contributed by atoms with E-state index < -0.39 is 0 Å². The van der Waals surface area contributed by atoms with Gasteiger partial charge in [0.15, 0.2) is 5.78 Å². The Kier molecular flexibility index (Phi) is 5.43. The third-order valence-corrected chi connectivity index (χ3v) is 2.11. The fourth-order valence-corrected chi connectivity index (χ4v) is 1.21. The van der Waals surface area contributed by atoms with Crippen molar-refractivity contribution in [2.75, 3.05) is 0 Å². The van der Waals surface area contributed by atoms with E-state index in [0.29, 0.717) is 0 Å². The van der Waals surface area contributed by atoms with Gasteiger partial charge in [0, 0.05) is 5.56 Å². The van der Waals surface area contributed by atoms with E-state index in [2.05, 4.69) is 15.9 Å². The maximum absolute atomic E-state index is 11.4. The van der Waals surface area contributed by atoms with Crippen molar-refractivity contribution in [2.24, 2.45) is 0 Å². The van der Waals surface area contributed by atoms with E-state index in [-0.39, 0.29) is 20.5 Å². The SMILES string of the molecule is Cc1ccc(C(=O)C(C)Br)cc1.P. The summed E-state index contributed by atoms with van der Waals surface area (Å²) in [6.07, 6.45) is 0. The van der Waals surface area contributed by atoms with Gasteiger partial charge in [-0.05, 0) is 13.8 Å². The van der Waals surface area contributed by atoms with Gasteiger partial charge in [-0.3, -0.25) is 4.79 Å². The maximum atomic E-state index is 11.4. The molecule has 13 heavy (non-hydrogen) atoms. The molecule has 1 aromatic rings. The highest BCUT2D eigenvalue weighted by molar-refractivity contribution is 9.10. The first kappa shape index (κ1) is 12.8. The van der Waals surface area contributed by atoms with Crippen LogP contribution in [0.3, 0.4) is 0 Å². The molecule has 3 heteroatoms. The Balaban J connectivity index is 0.00000144. The topological polar surface area (TPSA) is 17.1 Å². The third-order valence-electron chi connectivity index (χ3n) is 1.70. The number of hydrogen-bond donors (Lipinski definition) is 0. The van der Waals surface area contributed by atoms with Gasteiger partial charge in [0.05, 0.1) is 4.83 Å². The number of hydrogen-bond acceptors (Lipinski definition) is 1. The zero-order chi connectivity index (χ0) is 9.14. The zero-order valence-corrected chi connectivity index (χ0v) is 10.9. The quantitative estimate of drug-likeness (QED) is 0.454. The Morgan fingerprint density at radius 1 is 1.31 bits per heavy atom. The van der Waals surface area contributed by atoms with Gasteiger partial charge in [-0.1, -0.05) is 45.8 Å². The number of benzene rings is 1. The standard InChI is InChI=1S/C10H11BrO.H3P/c1-7-3-5-9(6-4-7)10(12)8(2)11;/h3-6,8H,1-2H3;1H3. The number of carbonyl (C=O) groups is 1. The van der Waals surface area contributed by atoms with Crippen molar-refractivity contribution in [1.82, 2.24) is 0 Å². The minimum atomic E-state index is -0.0970. The summed E-state index contributed by atoms with van der Waals surface area (Å²) in [6.45, 7) is 3.84. The van der Waals surface area contributed by atoms with Crippen LogP contribution in [0.4, 0.5) is 0 Å². The van der Waals surface area contributed by atoms with Gasteiger partial charge < -0.3 is 0 Å². The highest BCUT2D eigenvalue weighted by Crippen LogP contribution is 2.10. The van der Waals surface area contributed by atoms with E-state index in [1.807, 2.05) is 38.1 Å². The van der Waals surface area contributed by atoms with E-state index >= 15 is 0 Å². The summed E-state index contributed by atoms with van der Waals surface area (Å²) in [6, 6.07) is 7.61. The van der Waals surface area contributed by atoms with Gasteiger partial charge in [0.2, 0.25) is 0 Å². The molecule has 0 amide bonds. The van der Waals surface area contributed by atoms with Gasteiger partial charge in [0.25, 0.3) is 0 Å². The van der Waals surface area contributed by atoms with Crippen LogP contribution >= 0.6 is 25.8 Å². The molecule has 0 bridgehead atoms. The third kappa shape index (κ3) is 3.58. The van der Waals surface area contributed by atoms with Crippen molar-refractivity contribution < 1.29 is 4.79 Å². The van der Waals surface area contributed by atoms with Crippen molar-refractivity contribution in [1.29, 1.82) is 0 Å². The Morgan fingerprint density at radius 3 is 2.15 bits per heavy atom. The van der Waals surface area contributed by atoms with Gasteiger partial charge in [-0.2, -0.15) is 9.90 Å². The van der Waals surface area contributed by atoms with E-state index in [1.54, 1.807) is 0 Å². The second-order valence-electron chi connectivity index (χ2n) is 2.85. The van der Waals surface area contributed by atoms with Crippen LogP contribution in [0.1, 0.15) is 22.8 Å². The lowest BCUT2D eigenvalue weighted by molar-refractivity contribution is 0.0996. The lowest BCUT2D eigenvalue weighted by Gasteiger charge is -2.02. The number of rotatable bonds is 2. The predicted molar refractivity (Wildman–Crippen MR) is 65.0 cm³/mol. The average Bonchev–Trinajstić information content (AvgIpc) is 2.04. The second-order valence-corrected chi connectivity index (χ2v) is 4.22. The molecule has 0 N–H and O–H groups in total. The molecule has 0 spiro atoms. The molecular weight excluding hydrogens is 247 g/mol. The number of ketones is 1. The summed E-state index contributed by atoms with van der Waals surface area (Å²) in [7, 11) is 0. The van der Waals surface area contributed by atoms with Crippen LogP contribution in [-0.4, -0.2) is 10.6 Å². The Morgan fingerprint density at radius 2 is 1.77 bits per heavy atom. The molecular formula is C10H14BrOP. The van der Waals surface area contributed by atoms with Crippen molar-refractivity contribution in [3.05, 3.63) is 35.4 Å². The number of carbonyl (C=O) groups excluding carboxylic acids is 1. The van der Waals surface area contributed by atoms with Gasteiger partial charge in [0.1, 0.15) is 0 Å². The highest BCUT2D eigenvalue weighted by Gasteiger charge is 2.10. The lowest BCUT2D eigenvalue weighted by atomic mass is 10.1. The highest BCUT2D eigenvalue weighted by atomic mass is 79.9. The molecule has 0 saturated carbocycles. The van der Waals surface area contributed by atoms with Crippen LogP contribution in [0.15, 0.2) is 24.3 Å². The smallest absolute Gasteiger partial charge is 0.176 e. The van der Waals surface area contributed by atoms with Gasteiger partial charge in [-0.25, -0.2) is 0 Å². The monoisotopic (exact) mass is 260 g/mol. The molecule has 0 radical (unpaired) electrons. The van der Waals surface area contributed by atoms with Crippen LogP contribution in [0.25, 0.3) is 0 Å². The molecule has 1 nitrogen and oxygen atoms in total. The molecule has 0 aliphatic rings. The fraction of sp³-hybridized carbons (Fsp3) is 0.300.